The average molecular weight is 550 g/mol. The van der Waals surface area contributed by atoms with E-state index in [1.807, 2.05) is 0 Å². The Hall–Kier alpha value is -3.04. The molecule has 2 unspecified atom stereocenters. The molecule has 3 heterocycles. The number of esters is 1. The lowest BCUT2D eigenvalue weighted by Gasteiger charge is -2.48. The standard InChI is InChI=1S/C19H23N5O8S2.ClH/c1-4-29-19(28)32-9(3)31-17(27)11-6-7-33-16-13(15(26)24(11)16)22-14(25)12(23-30-5-2)10-8-34-18(20)21-10;/h6,8-9,13,16H,4-5,7H2,1-3H3,(H2,20,21)(H,22,25);1H/t9?,13?,16-;/m0./s1. The predicted octanol–water partition coefficient (Wildman–Crippen LogP) is 1.23. The number of nitrogens with two attached hydrogens (primary N) is 1. The number of thiazole rings is 1. The number of hydrogen-bond donors (Lipinski definition) is 2. The molecule has 0 radical (unpaired) electrons. The molecule has 0 bridgehead atoms. The minimum atomic E-state index is -1.23. The zero-order chi connectivity index (χ0) is 24.8. The summed E-state index contributed by atoms with van der Waals surface area (Å²) < 4.78 is 14.5. The van der Waals surface area contributed by atoms with Crippen LogP contribution in [0.25, 0.3) is 0 Å². The molecule has 2 amide bonds. The van der Waals surface area contributed by atoms with Crippen LogP contribution in [-0.4, -0.2) is 76.2 Å². The van der Waals surface area contributed by atoms with Gasteiger partial charge in [0.15, 0.2) is 10.8 Å². The van der Waals surface area contributed by atoms with Gasteiger partial charge in [-0.2, -0.15) is 0 Å². The highest BCUT2D eigenvalue weighted by molar-refractivity contribution is 8.00. The average Bonchev–Trinajstić information content (AvgIpc) is 3.22. The quantitative estimate of drug-likeness (QED) is 0.149. The molecule has 192 valence electrons. The largest absolute Gasteiger partial charge is 0.511 e. The van der Waals surface area contributed by atoms with Crippen LogP contribution in [0.2, 0.25) is 0 Å². The van der Waals surface area contributed by atoms with Gasteiger partial charge in [-0.25, -0.2) is 14.6 Å². The van der Waals surface area contributed by atoms with Gasteiger partial charge < -0.3 is 30.1 Å². The van der Waals surface area contributed by atoms with Crippen LogP contribution >= 0.6 is 35.5 Å². The van der Waals surface area contributed by atoms with Crippen LogP contribution < -0.4 is 11.1 Å². The Bertz CT molecular complexity index is 1030. The number of amides is 2. The van der Waals surface area contributed by atoms with Crippen LogP contribution in [0.3, 0.4) is 0 Å². The van der Waals surface area contributed by atoms with Crippen molar-refractivity contribution < 1.29 is 38.2 Å². The topological polar surface area (TPSA) is 172 Å². The van der Waals surface area contributed by atoms with E-state index >= 15 is 0 Å². The number of nitrogens with zero attached hydrogens (tertiary/aromatic N) is 3. The minimum absolute atomic E-state index is 0. The van der Waals surface area contributed by atoms with Gasteiger partial charge >= 0.3 is 12.1 Å². The van der Waals surface area contributed by atoms with Crippen molar-refractivity contribution in [3.8, 4) is 0 Å². The summed E-state index contributed by atoms with van der Waals surface area (Å²) in [5.41, 5.74) is 5.73. The molecule has 16 heteroatoms. The highest BCUT2D eigenvalue weighted by Crippen LogP contribution is 2.38. The Balaban J connectivity index is 0.00000432. The number of aromatic nitrogens is 1. The molecular formula is C19H24ClN5O8S2. The van der Waals surface area contributed by atoms with E-state index in [4.69, 9.17) is 20.0 Å². The number of nitrogens with one attached hydrogen (secondary N) is 1. The molecule has 13 nitrogen and oxygen atoms in total. The van der Waals surface area contributed by atoms with Crippen LogP contribution in [0.1, 0.15) is 26.5 Å². The van der Waals surface area contributed by atoms with E-state index in [1.165, 1.54) is 29.7 Å². The summed E-state index contributed by atoms with van der Waals surface area (Å²) in [6, 6.07) is -0.912. The van der Waals surface area contributed by atoms with E-state index in [2.05, 4.69) is 20.2 Å². The summed E-state index contributed by atoms with van der Waals surface area (Å²) >= 11 is 2.48. The molecular weight excluding hydrogens is 526 g/mol. The highest BCUT2D eigenvalue weighted by atomic mass is 35.5. The van der Waals surface area contributed by atoms with E-state index in [1.54, 1.807) is 19.2 Å². The van der Waals surface area contributed by atoms with Crippen LogP contribution in [0.15, 0.2) is 22.3 Å². The van der Waals surface area contributed by atoms with Crippen molar-refractivity contribution in [3.05, 3.63) is 22.8 Å². The van der Waals surface area contributed by atoms with E-state index < -0.39 is 41.6 Å². The summed E-state index contributed by atoms with van der Waals surface area (Å²) in [4.78, 5) is 59.9. The summed E-state index contributed by atoms with van der Waals surface area (Å²) in [7, 11) is 0. The fourth-order valence-corrected chi connectivity index (χ4v) is 4.73. The maximum absolute atomic E-state index is 12.9. The minimum Gasteiger partial charge on any atom is -0.435 e. The number of anilines is 1. The monoisotopic (exact) mass is 549 g/mol. The van der Waals surface area contributed by atoms with Crippen molar-refractivity contribution >= 4 is 70.3 Å². The molecule has 1 saturated heterocycles. The second kappa shape index (κ2) is 12.6. The molecule has 3 atom stereocenters. The van der Waals surface area contributed by atoms with E-state index in [0.29, 0.717) is 5.75 Å². The number of oxime groups is 1. The van der Waals surface area contributed by atoms with Crippen molar-refractivity contribution in [1.82, 2.24) is 15.2 Å². The molecule has 3 rings (SSSR count). The van der Waals surface area contributed by atoms with Gasteiger partial charge in [0.2, 0.25) is 6.29 Å². The Labute approximate surface area is 214 Å². The molecule has 0 aromatic carbocycles. The van der Waals surface area contributed by atoms with Gasteiger partial charge in [-0.1, -0.05) is 5.16 Å². The molecule has 2 aliphatic heterocycles. The summed E-state index contributed by atoms with van der Waals surface area (Å²) in [5.74, 6) is -1.65. The van der Waals surface area contributed by atoms with Crippen molar-refractivity contribution in [2.75, 3.05) is 24.7 Å². The first-order valence-electron chi connectivity index (χ1n) is 10.2. The fourth-order valence-electron chi connectivity index (χ4n) is 2.99. The van der Waals surface area contributed by atoms with Gasteiger partial charge in [-0.15, -0.1) is 35.5 Å². The van der Waals surface area contributed by atoms with Crippen molar-refractivity contribution in [2.24, 2.45) is 5.16 Å². The molecule has 2 aliphatic rings. The number of rotatable bonds is 9. The van der Waals surface area contributed by atoms with Crippen LogP contribution in [0.5, 0.6) is 0 Å². The number of ether oxygens (including phenoxy) is 3. The predicted molar refractivity (Wildman–Crippen MR) is 129 cm³/mol. The van der Waals surface area contributed by atoms with Crippen molar-refractivity contribution in [3.63, 3.8) is 0 Å². The molecule has 35 heavy (non-hydrogen) atoms. The Morgan fingerprint density at radius 1 is 1.31 bits per heavy atom. The maximum Gasteiger partial charge on any atom is 0.511 e. The van der Waals surface area contributed by atoms with Crippen molar-refractivity contribution in [1.29, 1.82) is 0 Å². The number of nitrogen functional groups attached to an aromatic ring is 1. The Kier molecular flexibility index (Phi) is 10.2. The SMILES string of the molecule is CCON=C(C(=O)NC1C(=O)N2C(C(=O)OC(C)OC(=O)OCC)=CCS[C@@H]12)c1csc(N)n1.Cl. The van der Waals surface area contributed by atoms with Gasteiger partial charge in [-0.3, -0.25) is 14.5 Å². The smallest absolute Gasteiger partial charge is 0.435 e. The third-order valence-electron chi connectivity index (χ3n) is 4.40. The third-order valence-corrected chi connectivity index (χ3v) is 6.26. The van der Waals surface area contributed by atoms with Crippen LogP contribution in [0.4, 0.5) is 9.93 Å². The Morgan fingerprint density at radius 2 is 2.06 bits per heavy atom. The van der Waals surface area contributed by atoms with Gasteiger partial charge in [0.1, 0.15) is 29.4 Å². The molecule has 3 N–H and O–H groups in total. The lowest BCUT2D eigenvalue weighted by Crippen LogP contribution is -2.70. The summed E-state index contributed by atoms with van der Waals surface area (Å²) in [6.07, 6.45) is -0.686. The highest BCUT2D eigenvalue weighted by Gasteiger charge is 2.53. The fraction of sp³-hybridized carbons (Fsp3) is 0.474. The number of carbonyl (C=O) groups is 4. The zero-order valence-corrected chi connectivity index (χ0v) is 21.4. The maximum atomic E-state index is 12.9. The first-order valence-corrected chi connectivity index (χ1v) is 12.1. The van der Waals surface area contributed by atoms with Crippen LogP contribution in [-0.2, 0) is 33.4 Å². The van der Waals surface area contributed by atoms with Gasteiger partial charge in [0.05, 0.1) is 6.61 Å². The molecule has 0 saturated carbocycles. The van der Waals surface area contributed by atoms with Crippen LogP contribution in [0, 0.1) is 0 Å². The lowest BCUT2D eigenvalue weighted by atomic mass is 10.0. The second-order valence-corrected chi connectivity index (χ2v) is 8.71. The van der Waals surface area contributed by atoms with E-state index in [-0.39, 0.29) is 47.9 Å². The Morgan fingerprint density at radius 3 is 2.69 bits per heavy atom. The molecule has 0 aliphatic carbocycles. The first kappa shape index (κ1) is 28.2. The summed E-state index contributed by atoms with van der Waals surface area (Å²) in [6.45, 7) is 4.97. The van der Waals surface area contributed by atoms with Gasteiger partial charge in [0.25, 0.3) is 11.8 Å². The van der Waals surface area contributed by atoms with Crippen molar-refractivity contribution in [2.45, 2.75) is 38.5 Å². The number of fused-ring (bicyclic) bond motifs is 1. The number of halogens is 1. The molecule has 1 fully saturated rings. The molecule has 0 spiro atoms. The molecule has 1 aromatic heterocycles. The lowest BCUT2D eigenvalue weighted by molar-refractivity contribution is -0.168. The number of β-lactam (4-membered cyclic amide) rings is 1. The normalized spacial score (nSPS) is 19.7. The first-order chi connectivity index (χ1) is 16.3. The number of thioether (sulfide) groups is 1. The second-order valence-electron chi connectivity index (χ2n) is 6.68. The number of carbonyl (C=O) groups excluding carboxylic acids is 4. The molecule has 1 aromatic rings. The van der Waals surface area contributed by atoms with E-state index in [0.717, 1.165) is 11.3 Å². The van der Waals surface area contributed by atoms with Gasteiger partial charge in [0, 0.05) is 18.1 Å². The zero-order valence-electron chi connectivity index (χ0n) is 18.9. The number of hydrogen-bond acceptors (Lipinski definition) is 13. The van der Waals surface area contributed by atoms with E-state index in [9.17, 15) is 19.2 Å². The third kappa shape index (κ3) is 6.55. The summed E-state index contributed by atoms with van der Waals surface area (Å²) in [5, 5.41) is 7.67. The van der Waals surface area contributed by atoms with Gasteiger partial charge in [-0.05, 0) is 19.9 Å².